The van der Waals surface area contributed by atoms with Crippen molar-refractivity contribution in [3.63, 3.8) is 0 Å². The van der Waals surface area contributed by atoms with E-state index in [2.05, 4.69) is 5.32 Å². The summed E-state index contributed by atoms with van der Waals surface area (Å²) in [4.78, 5) is 0. The zero-order chi connectivity index (χ0) is 11.3. The Morgan fingerprint density at radius 1 is 1.27 bits per heavy atom. The first-order valence-electron chi connectivity index (χ1n) is 4.85. The van der Waals surface area contributed by atoms with Gasteiger partial charge in [-0.1, -0.05) is 6.07 Å². The van der Waals surface area contributed by atoms with Gasteiger partial charge in [0.2, 0.25) is 0 Å². The minimum Gasteiger partial charge on any atom is -0.493 e. The molecule has 0 radical (unpaired) electrons. The summed E-state index contributed by atoms with van der Waals surface area (Å²) in [6.07, 6.45) is 0. The Balaban J connectivity index is 2.92. The van der Waals surface area contributed by atoms with Crippen LogP contribution in [-0.2, 0) is 0 Å². The second kappa shape index (κ2) is 5.58. The molecule has 0 amide bonds. The van der Waals surface area contributed by atoms with E-state index in [0.717, 1.165) is 17.9 Å². The first-order valence-corrected chi connectivity index (χ1v) is 4.85. The minimum atomic E-state index is -0.0326. The van der Waals surface area contributed by atoms with Gasteiger partial charge in [-0.3, -0.25) is 0 Å². The number of benzene rings is 1. The zero-order valence-corrected chi connectivity index (χ0v) is 9.41. The average molecular weight is 210 g/mol. The number of hydrogen-bond donors (Lipinski definition) is 2. The molecule has 15 heavy (non-hydrogen) atoms. The Labute approximate surface area is 90.4 Å². The molecule has 0 aliphatic rings. The van der Waals surface area contributed by atoms with E-state index in [1.54, 1.807) is 14.2 Å². The molecule has 4 heteroatoms. The molecule has 0 saturated heterocycles. The lowest BCUT2D eigenvalue weighted by atomic mass is 10.1. The maximum absolute atomic E-state index is 5.96. The minimum absolute atomic E-state index is 0.0326. The van der Waals surface area contributed by atoms with Gasteiger partial charge >= 0.3 is 0 Å². The van der Waals surface area contributed by atoms with Gasteiger partial charge in [-0.25, -0.2) is 0 Å². The van der Waals surface area contributed by atoms with Crippen molar-refractivity contribution in [2.75, 3.05) is 27.8 Å². The quantitative estimate of drug-likeness (QED) is 0.759. The highest BCUT2D eigenvalue weighted by Gasteiger charge is 2.09. The Morgan fingerprint density at radius 2 is 1.93 bits per heavy atom. The second-order valence-electron chi connectivity index (χ2n) is 3.28. The maximum atomic E-state index is 5.96. The Bertz CT molecular complexity index is 315. The summed E-state index contributed by atoms with van der Waals surface area (Å²) in [5.74, 6) is 1.43. The highest BCUT2D eigenvalue weighted by atomic mass is 16.5. The van der Waals surface area contributed by atoms with E-state index in [-0.39, 0.29) is 6.04 Å². The monoisotopic (exact) mass is 210 g/mol. The molecule has 1 aromatic carbocycles. The van der Waals surface area contributed by atoms with Crippen LogP contribution >= 0.6 is 0 Å². The molecule has 4 nitrogen and oxygen atoms in total. The van der Waals surface area contributed by atoms with Crippen molar-refractivity contribution in [2.45, 2.75) is 6.04 Å². The maximum Gasteiger partial charge on any atom is 0.161 e. The molecule has 1 atom stereocenters. The van der Waals surface area contributed by atoms with Crippen molar-refractivity contribution in [1.29, 1.82) is 0 Å². The van der Waals surface area contributed by atoms with Crippen LogP contribution in [0.5, 0.6) is 11.5 Å². The van der Waals surface area contributed by atoms with Crippen LogP contribution < -0.4 is 20.5 Å². The van der Waals surface area contributed by atoms with Gasteiger partial charge in [0.25, 0.3) is 0 Å². The van der Waals surface area contributed by atoms with Gasteiger partial charge in [0, 0.05) is 12.6 Å². The van der Waals surface area contributed by atoms with E-state index in [0.29, 0.717) is 5.75 Å². The SMILES string of the molecule is CNCC(N)c1ccc(OC)c(OC)c1. The average Bonchev–Trinajstić information content (AvgIpc) is 2.28. The highest BCUT2D eigenvalue weighted by Crippen LogP contribution is 2.29. The van der Waals surface area contributed by atoms with Gasteiger partial charge in [0.05, 0.1) is 14.2 Å². The largest absolute Gasteiger partial charge is 0.493 e. The Hall–Kier alpha value is -1.26. The predicted molar refractivity (Wildman–Crippen MR) is 60.4 cm³/mol. The lowest BCUT2D eigenvalue weighted by Crippen LogP contribution is -2.23. The Morgan fingerprint density at radius 3 is 2.47 bits per heavy atom. The molecule has 0 aromatic heterocycles. The molecule has 0 aliphatic heterocycles. The molecule has 0 spiro atoms. The van der Waals surface area contributed by atoms with E-state index >= 15 is 0 Å². The van der Waals surface area contributed by atoms with Crippen LogP contribution in [-0.4, -0.2) is 27.8 Å². The topological polar surface area (TPSA) is 56.5 Å². The molecule has 1 rings (SSSR count). The van der Waals surface area contributed by atoms with Crippen molar-refractivity contribution in [3.05, 3.63) is 23.8 Å². The first-order chi connectivity index (χ1) is 7.22. The predicted octanol–water partition coefficient (Wildman–Crippen LogP) is 0.923. The molecular weight excluding hydrogens is 192 g/mol. The third kappa shape index (κ3) is 2.84. The zero-order valence-electron chi connectivity index (χ0n) is 9.41. The van der Waals surface area contributed by atoms with Gasteiger partial charge in [-0.05, 0) is 24.7 Å². The smallest absolute Gasteiger partial charge is 0.161 e. The van der Waals surface area contributed by atoms with Gasteiger partial charge in [-0.15, -0.1) is 0 Å². The molecule has 84 valence electrons. The standard InChI is InChI=1S/C11H18N2O2/c1-13-7-9(12)8-4-5-10(14-2)11(6-8)15-3/h4-6,9,13H,7,12H2,1-3H3. The van der Waals surface area contributed by atoms with E-state index in [1.807, 2.05) is 25.2 Å². The molecule has 3 N–H and O–H groups in total. The number of hydrogen-bond acceptors (Lipinski definition) is 4. The molecule has 0 aliphatic carbocycles. The fraction of sp³-hybridized carbons (Fsp3) is 0.455. The van der Waals surface area contributed by atoms with E-state index in [4.69, 9.17) is 15.2 Å². The third-order valence-electron chi connectivity index (χ3n) is 2.26. The summed E-state index contributed by atoms with van der Waals surface area (Å²) in [5.41, 5.74) is 6.99. The van der Waals surface area contributed by atoms with Crippen LogP contribution in [0.15, 0.2) is 18.2 Å². The summed E-state index contributed by atoms with van der Waals surface area (Å²) < 4.78 is 10.4. The number of rotatable bonds is 5. The van der Waals surface area contributed by atoms with Crippen molar-refractivity contribution in [1.82, 2.24) is 5.32 Å². The fourth-order valence-corrected chi connectivity index (χ4v) is 1.42. The van der Waals surface area contributed by atoms with Crippen LogP contribution in [0, 0.1) is 0 Å². The number of nitrogens with two attached hydrogens (primary N) is 1. The number of ether oxygens (including phenoxy) is 2. The van der Waals surface area contributed by atoms with Crippen LogP contribution in [0.3, 0.4) is 0 Å². The van der Waals surface area contributed by atoms with Crippen molar-refractivity contribution in [2.24, 2.45) is 5.73 Å². The second-order valence-corrected chi connectivity index (χ2v) is 3.28. The van der Waals surface area contributed by atoms with E-state index in [1.165, 1.54) is 0 Å². The first kappa shape index (κ1) is 11.8. The molecule has 1 unspecified atom stereocenters. The van der Waals surface area contributed by atoms with Gasteiger partial charge in [0.15, 0.2) is 11.5 Å². The molecule has 0 saturated carbocycles. The summed E-state index contributed by atoms with van der Waals surface area (Å²) >= 11 is 0. The van der Waals surface area contributed by atoms with Crippen LogP contribution in [0.2, 0.25) is 0 Å². The van der Waals surface area contributed by atoms with Crippen molar-refractivity contribution >= 4 is 0 Å². The summed E-state index contributed by atoms with van der Waals surface area (Å²) in [7, 11) is 5.11. The molecule has 1 aromatic rings. The fourth-order valence-electron chi connectivity index (χ4n) is 1.42. The summed E-state index contributed by atoms with van der Waals surface area (Å²) in [6.45, 7) is 0.732. The number of likely N-dealkylation sites (N-methyl/N-ethyl adjacent to an activating group) is 1. The van der Waals surface area contributed by atoms with Gasteiger partial charge in [-0.2, -0.15) is 0 Å². The van der Waals surface area contributed by atoms with E-state index in [9.17, 15) is 0 Å². The molecular formula is C11H18N2O2. The third-order valence-corrected chi connectivity index (χ3v) is 2.26. The Kier molecular flexibility index (Phi) is 4.39. The molecule has 0 bridgehead atoms. The lowest BCUT2D eigenvalue weighted by Gasteiger charge is -2.14. The van der Waals surface area contributed by atoms with Gasteiger partial charge < -0.3 is 20.5 Å². The van der Waals surface area contributed by atoms with E-state index < -0.39 is 0 Å². The molecule has 0 fully saturated rings. The summed E-state index contributed by atoms with van der Waals surface area (Å²) in [6, 6.07) is 5.68. The number of methoxy groups -OCH3 is 2. The molecule has 0 heterocycles. The van der Waals surface area contributed by atoms with Crippen LogP contribution in [0.4, 0.5) is 0 Å². The van der Waals surface area contributed by atoms with Crippen molar-refractivity contribution in [3.8, 4) is 11.5 Å². The lowest BCUT2D eigenvalue weighted by molar-refractivity contribution is 0.354. The van der Waals surface area contributed by atoms with Gasteiger partial charge in [0.1, 0.15) is 0 Å². The summed E-state index contributed by atoms with van der Waals surface area (Å²) in [5, 5.41) is 3.03. The normalized spacial score (nSPS) is 12.3. The van der Waals surface area contributed by atoms with Crippen LogP contribution in [0.1, 0.15) is 11.6 Å². The van der Waals surface area contributed by atoms with Crippen LogP contribution in [0.25, 0.3) is 0 Å². The highest BCUT2D eigenvalue weighted by molar-refractivity contribution is 5.43. The van der Waals surface area contributed by atoms with Crippen molar-refractivity contribution < 1.29 is 9.47 Å². The number of nitrogens with one attached hydrogen (secondary N) is 1.